The normalized spacial score (nSPS) is 18.0. The lowest BCUT2D eigenvalue weighted by Crippen LogP contribution is -2.44. The Kier molecular flexibility index (Phi) is 6.77. The molecule has 8 heteroatoms. The van der Waals surface area contributed by atoms with E-state index in [1.54, 1.807) is 17.0 Å². The monoisotopic (exact) mass is 382 g/mol. The number of ether oxygens (including phenoxy) is 1. The number of carbonyl (C=O) groups is 2. The van der Waals surface area contributed by atoms with Crippen LogP contribution in [0, 0.1) is 6.92 Å². The van der Waals surface area contributed by atoms with Gasteiger partial charge in [-0.25, -0.2) is 8.42 Å². The quantitative estimate of drug-likeness (QED) is 0.697. The molecule has 1 heterocycles. The Labute approximate surface area is 155 Å². The number of likely N-dealkylation sites (N-methyl/N-ethyl adjacent to an activating group) is 1. The van der Waals surface area contributed by atoms with Gasteiger partial charge in [-0.15, -0.1) is 0 Å². The molecule has 1 saturated heterocycles. The van der Waals surface area contributed by atoms with Gasteiger partial charge in [0.1, 0.15) is 6.54 Å². The van der Waals surface area contributed by atoms with Crippen LogP contribution in [0.1, 0.15) is 31.7 Å². The largest absolute Gasteiger partial charge is 0.455 e. The highest BCUT2D eigenvalue weighted by Gasteiger charge is 2.26. The molecule has 1 fully saturated rings. The zero-order valence-electron chi connectivity index (χ0n) is 15.5. The average molecular weight is 382 g/mol. The third kappa shape index (κ3) is 5.04. The molecule has 7 nitrogen and oxygen atoms in total. The number of carbonyl (C=O) groups excluding carboxylic acids is 2. The molecule has 0 aliphatic carbocycles. The third-order valence-electron chi connectivity index (χ3n) is 4.56. The van der Waals surface area contributed by atoms with Crippen molar-refractivity contribution in [3.8, 4) is 0 Å². The van der Waals surface area contributed by atoms with Crippen LogP contribution in [0.5, 0.6) is 0 Å². The number of piperidine rings is 1. The fourth-order valence-corrected chi connectivity index (χ4v) is 4.01. The Morgan fingerprint density at radius 3 is 2.50 bits per heavy atom. The number of esters is 1. The zero-order valence-corrected chi connectivity index (χ0v) is 16.3. The first-order valence-electron chi connectivity index (χ1n) is 8.70. The lowest BCUT2D eigenvalue weighted by Gasteiger charge is -2.33. The Morgan fingerprint density at radius 1 is 1.23 bits per heavy atom. The molecule has 1 aliphatic rings. The maximum absolute atomic E-state index is 12.5. The van der Waals surface area contributed by atoms with Crippen molar-refractivity contribution in [1.29, 1.82) is 0 Å². The second-order valence-electron chi connectivity index (χ2n) is 6.67. The molecule has 0 unspecified atom stereocenters. The summed E-state index contributed by atoms with van der Waals surface area (Å²) in [6.45, 7) is 3.69. The van der Waals surface area contributed by atoms with Crippen molar-refractivity contribution in [2.75, 3.05) is 26.7 Å². The minimum Gasteiger partial charge on any atom is -0.455 e. The van der Waals surface area contributed by atoms with Crippen LogP contribution >= 0.6 is 0 Å². The molecule has 1 aliphatic heterocycles. The van der Waals surface area contributed by atoms with Crippen molar-refractivity contribution >= 4 is 21.9 Å². The molecule has 26 heavy (non-hydrogen) atoms. The van der Waals surface area contributed by atoms with E-state index in [2.05, 4.69) is 0 Å². The summed E-state index contributed by atoms with van der Waals surface area (Å²) < 4.78 is 30.8. The fraction of sp³-hybridized carbons (Fsp3) is 0.556. The molecule has 1 aromatic rings. The van der Waals surface area contributed by atoms with E-state index >= 15 is 0 Å². The molecule has 1 amide bonds. The van der Waals surface area contributed by atoms with Crippen LogP contribution in [0.15, 0.2) is 29.2 Å². The van der Waals surface area contributed by atoms with Crippen LogP contribution in [-0.4, -0.2) is 62.3 Å². The van der Waals surface area contributed by atoms with Crippen molar-refractivity contribution in [3.63, 3.8) is 0 Å². The molecule has 1 aromatic carbocycles. The van der Waals surface area contributed by atoms with Crippen LogP contribution in [0.25, 0.3) is 0 Å². The summed E-state index contributed by atoms with van der Waals surface area (Å²) in [5.41, 5.74) is 0.941. The van der Waals surface area contributed by atoms with E-state index < -0.39 is 22.5 Å². The number of rotatable bonds is 6. The molecule has 0 bridgehead atoms. The highest BCUT2D eigenvalue weighted by Crippen LogP contribution is 2.17. The molecule has 0 saturated carbocycles. The summed E-state index contributed by atoms with van der Waals surface area (Å²) in [6.07, 6.45) is 2.98. The Morgan fingerprint density at radius 2 is 1.88 bits per heavy atom. The summed E-state index contributed by atoms with van der Waals surface area (Å²) in [6, 6.07) is 6.51. The van der Waals surface area contributed by atoms with Crippen LogP contribution in [0.2, 0.25) is 0 Å². The van der Waals surface area contributed by atoms with E-state index in [4.69, 9.17) is 4.74 Å². The summed E-state index contributed by atoms with van der Waals surface area (Å²) in [5, 5.41) is 0. The van der Waals surface area contributed by atoms with Gasteiger partial charge in [-0.05, 0) is 45.2 Å². The molecule has 2 rings (SSSR count). The molecular formula is C18H26N2O5S. The van der Waals surface area contributed by atoms with Crippen molar-refractivity contribution in [2.45, 2.75) is 44.0 Å². The lowest BCUT2D eigenvalue weighted by molar-refractivity contribution is -0.153. The lowest BCUT2D eigenvalue weighted by atomic mass is 10.0. The summed E-state index contributed by atoms with van der Waals surface area (Å²) in [5.74, 6) is -0.990. The van der Waals surface area contributed by atoms with Crippen LogP contribution in [0.4, 0.5) is 0 Å². The molecule has 144 valence electrons. The summed E-state index contributed by atoms with van der Waals surface area (Å²) in [7, 11) is -2.47. The molecule has 0 spiro atoms. The number of benzene rings is 1. The second-order valence-corrected chi connectivity index (χ2v) is 8.71. The first kappa shape index (κ1) is 20.4. The summed E-state index contributed by atoms with van der Waals surface area (Å²) in [4.78, 5) is 25.9. The predicted molar refractivity (Wildman–Crippen MR) is 97.0 cm³/mol. The summed E-state index contributed by atoms with van der Waals surface area (Å²) >= 11 is 0. The minimum absolute atomic E-state index is 0.108. The van der Waals surface area contributed by atoms with Gasteiger partial charge >= 0.3 is 5.97 Å². The average Bonchev–Trinajstić information content (AvgIpc) is 2.60. The number of likely N-dealkylation sites (tertiary alicyclic amines) is 1. The van der Waals surface area contributed by atoms with Crippen LogP contribution in [-0.2, 0) is 24.3 Å². The molecule has 1 atom stereocenters. The molecular weight excluding hydrogens is 356 g/mol. The molecule has 0 aromatic heterocycles. The van der Waals surface area contributed by atoms with Gasteiger partial charge in [0, 0.05) is 19.6 Å². The Balaban J connectivity index is 1.88. The molecule has 0 N–H and O–H groups in total. The van der Waals surface area contributed by atoms with E-state index in [1.165, 1.54) is 19.2 Å². The highest BCUT2D eigenvalue weighted by atomic mass is 32.2. The minimum atomic E-state index is -3.78. The van der Waals surface area contributed by atoms with E-state index in [1.807, 2.05) is 13.8 Å². The number of aryl methyl sites for hydroxylation is 1. The number of hydrogen-bond donors (Lipinski definition) is 0. The van der Waals surface area contributed by atoms with Gasteiger partial charge < -0.3 is 9.64 Å². The Bertz CT molecular complexity index is 745. The fourth-order valence-electron chi connectivity index (χ4n) is 2.90. The number of amides is 1. The van der Waals surface area contributed by atoms with E-state index in [0.717, 1.165) is 29.1 Å². The maximum Gasteiger partial charge on any atom is 0.321 e. The Hall–Kier alpha value is -1.93. The maximum atomic E-state index is 12.5. The van der Waals surface area contributed by atoms with Crippen molar-refractivity contribution in [3.05, 3.63) is 29.8 Å². The van der Waals surface area contributed by atoms with E-state index in [0.29, 0.717) is 6.54 Å². The highest BCUT2D eigenvalue weighted by molar-refractivity contribution is 7.89. The topological polar surface area (TPSA) is 84.0 Å². The second kappa shape index (κ2) is 8.64. The van der Waals surface area contributed by atoms with Crippen LogP contribution in [0.3, 0.4) is 0 Å². The van der Waals surface area contributed by atoms with Crippen molar-refractivity contribution < 1.29 is 22.7 Å². The van der Waals surface area contributed by atoms with E-state index in [-0.39, 0.29) is 23.5 Å². The predicted octanol–water partition coefficient (Wildman–Crippen LogP) is 1.56. The van der Waals surface area contributed by atoms with Gasteiger partial charge in [-0.1, -0.05) is 17.7 Å². The van der Waals surface area contributed by atoms with Gasteiger partial charge in [0.05, 0.1) is 4.90 Å². The number of nitrogens with zero attached hydrogens (tertiary/aromatic N) is 2. The number of sulfonamides is 1. The van der Waals surface area contributed by atoms with Gasteiger partial charge in [-0.2, -0.15) is 4.31 Å². The standard InChI is InChI=1S/C18H26N2O5S/c1-14-7-9-16(10-8-14)26(23,24)19(3)12-18(22)25-13-17(21)20-11-5-4-6-15(20)2/h7-10,15H,4-6,11-13H2,1-3H3/t15-/m0/s1. The van der Waals surface area contributed by atoms with Crippen LogP contribution < -0.4 is 0 Å². The molecule has 0 radical (unpaired) electrons. The number of hydrogen-bond acceptors (Lipinski definition) is 5. The van der Waals surface area contributed by atoms with Gasteiger partial charge in [-0.3, -0.25) is 9.59 Å². The van der Waals surface area contributed by atoms with Gasteiger partial charge in [0.25, 0.3) is 5.91 Å². The van der Waals surface area contributed by atoms with Crippen molar-refractivity contribution in [2.24, 2.45) is 0 Å². The first-order chi connectivity index (χ1) is 12.2. The first-order valence-corrected chi connectivity index (χ1v) is 10.1. The van der Waals surface area contributed by atoms with Gasteiger partial charge in [0.15, 0.2) is 6.61 Å². The van der Waals surface area contributed by atoms with Gasteiger partial charge in [0.2, 0.25) is 10.0 Å². The smallest absolute Gasteiger partial charge is 0.321 e. The third-order valence-corrected chi connectivity index (χ3v) is 6.38. The van der Waals surface area contributed by atoms with Crippen molar-refractivity contribution in [1.82, 2.24) is 9.21 Å². The van der Waals surface area contributed by atoms with E-state index in [9.17, 15) is 18.0 Å². The zero-order chi connectivity index (χ0) is 19.3. The SMILES string of the molecule is Cc1ccc(S(=O)(=O)N(C)CC(=O)OCC(=O)N2CCCC[C@@H]2C)cc1.